The molecule has 0 aliphatic heterocycles. The number of imidazole rings is 1. The van der Waals surface area contributed by atoms with E-state index in [4.69, 9.17) is 4.42 Å². The number of furan rings is 1. The minimum Gasteiger partial charge on any atom is -0.469 e. The average Bonchev–Trinajstić information content (AvgIpc) is 2.94. The quantitative estimate of drug-likeness (QED) is 0.861. The SMILES string of the molecule is CCn1ccnc1CC(NC)c1ccoc1C. The fourth-order valence-electron chi connectivity index (χ4n) is 2.12. The molecular weight excluding hydrogens is 214 g/mol. The third-order valence-corrected chi connectivity index (χ3v) is 3.15. The van der Waals surface area contributed by atoms with Gasteiger partial charge in [0.2, 0.25) is 0 Å². The summed E-state index contributed by atoms with van der Waals surface area (Å²) in [5, 5.41) is 3.32. The lowest BCUT2D eigenvalue weighted by atomic mass is 10.0. The molecule has 1 atom stereocenters. The van der Waals surface area contributed by atoms with Crippen molar-refractivity contribution in [1.82, 2.24) is 14.9 Å². The molecule has 1 N–H and O–H groups in total. The molecule has 0 aliphatic carbocycles. The van der Waals surface area contributed by atoms with E-state index < -0.39 is 0 Å². The monoisotopic (exact) mass is 233 g/mol. The summed E-state index contributed by atoms with van der Waals surface area (Å²) in [7, 11) is 1.97. The molecule has 4 nitrogen and oxygen atoms in total. The third-order valence-electron chi connectivity index (χ3n) is 3.15. The van der Waals surface area contributed by atoms with Gasteiger partial charge in [0.15, 0.2) is 0 Å². The van der Waals surface area contributed by atoms with Crippen LogP contribution in [0.25, 0.3) is 0 Å². The van der Waals surface area contributed by atoms with Crippen LogP contribution in [0, 0.1) is 6.92 Å². The molecular formula is C13H19N3O. The van der Waals surface area contributed by atoms with Crippen LogP contribution in [0.3, 0.4) is 0 Å². The van der Waals surface area contributed by atoms with Crippen LogP contribution >= 0.6 is 0 Å². The number of nitrogens with one attached hydrogen (secondary N) is 1. The summed E-state index contributed by atoms with van der Waals surface area (Å²) in [6, 6.07) is 2.27. The lowest BCUT2D eigenvalue weighted by Gasteiger charge is -2.15. The molecule has 92 valence electrons. The second-order valence-electron chi connectivity index (χ2n) is 4.11. The smallest absolute Gasteiger partial charge is 0.110 e. The zero-order chi connectivity index (χ0) is 12.3. The molecule has 0 spiro atoms. The van der Waals surface area contributed by atoms with E-state index >= 15 is 0 Å². The van der Waals surface area contributed by atoms with Crippen LogP contribution in [-0.2, 0) is 13.0 Å². The predicted octanol–water partition coefficient (Wildman–Crippen LogP) is 2.31. The van der Waals surface area contributed by atoms with Crippen molar-refractivity contribution in [3.63, 3.8) is 0 Å². The van der Waals surface area contributed by atoms with Gasteiger partial charge in [-0.25, -0.2) is 4.98 Å². The third kappa shape index (κ3) is 2.42. The number of hydrogen-bond acceptors (Lipinski definition) is 3. The second kappa shape index (κ2) is 5.19. The first kappa shape index (κ1) is 11.9. The topological polar surface area (TPSA) is 43.0 Å². The lowest BCUT2D eigenvalue weighted by Crippen LogP contribution is -2.21. The van der Waals surface area contributed by atoms with Crippen LogP contribution in [0.1, 0.15) is 30.1 Å². The molecule has 0 bridgehead atoms. The van der Waals surface area contributed by atoms with E-state index in [1.54, 1.807) is 6.26 Å². The van der Waals surface area contributed by atoms with Crippen LogP contribution < -0.4 is 5.32 Å². The Morgan fingerprint density at radius 1 is 1.53 bits per heavy atom. The summed E-state index contributed by atoms with van der Waals surface area (Å²) in [5.74, 6) is 2.08. The molecule has 4 heteroatoms. The Kier molecular flexibility index (Phi) is 3.64. The molecule has 2 aromatic rings. The predicted molar refractivity (Wildman–Crippen MR) is 66.9 cm³/mol. The van der Waals surface area contributed by atoms with Gasteiger partial charge in [0.25, 0.3) is 0 Å². The van der Waals surface area contributed by atoms with Crippen molar-refractivity contribution < 1.29 is 4.42 Å². The van der Waals surface area contributed by atoms with Gasteiger partial charge in [-0.1, -0.05) is 0 Å². The Balaban J connectivity index is 2.19. The van der Waals surface area contributed by atoms with Gasteiger partial charge in [-0.3, -0.25) is 0 Å². The van der Waals surface area contributed by atoms with Gasteiger partial charge in [-0.2, -0.15) is 0 Å². The van der Waals surface area contributed by atoms with Crippen molar-refractivity contribution in [2.45, 2.75) is 32.9 Å². The Labute approximate surface area is 102 Å². The van der Waals surface area contributed by atoms with Crippen LogP contribution in [0.5, 0.6) is 0 Å². The van der Waals surface area contributed by atoms with Gasteiger partial charge in [0, 0.05) is 37.0 Å². The zero-order valence-electron chi connectivity index (χ0n) is 10.6. The minimum absolute atomic E-state index is 0.251. The highest BCUT2D eigenvalue weighted by atomic mass is 16.3. The summed E-state index contributed by atoms with van der Waals surface area (Å²) in [6.07, 6.45) is 6.48. The molecule has 0 fully saturated rings. The summed E-state index contributed by atoms with van der Waals surface area (Å²) >= 11 is 0. The van der Waals surface area contributed by atoms with Crippen LogP contribution in [0.2, 0.25) is 0 Å². The molecule has 0 aromatic carbocycles. The van der Waals surface area contributed by atoms with E-state index in [9.17, 15) is 0 Å². The van der Waals surface area contributed by atoms with E-state index in [0.717, 1.165) is 24.6 Å². The van der Waals surface area contributed by atoms with E-state index in [-0.39, 0.29) is 6.04 Å². The van der Waals surface area contributed by atoms with Gasteiger partial charge < -0.3 is 14.3 Å². The summed E-state index contributed by atoms with van der Waals surface area (Å²) in [4.78, 5) is 4.41. The van der Waals surface area contributed by atoms with Crippen LogP contribution in [0.4, 0.5) is 0 Å². The molecule has 1 unspecified atom stereocenters. The zero-order valence-corrected chi connectivity index (χ0v) is 10.6. The van der Waals surface area contributed by atoms with Crippen LogP contribution in [-0.4, -0.2) is 16.6 Å². The van der Waals surface area contributed by atoms with Crippen molar-refractivity contribution in [3.05, 3.63) is 41.9 Å². The summed E-state index contributed by atoms with van der Waals surface area (Å²) < 4.78 is 7.52. The van der Waals surface area contributed by atoms with Gasteiger partial charge in [0.1, 0.15) is 11.6 Å². The molecule has 0 saturated carbocycles. The highest BCUT2D eigenvalue weighted by molar-refractivity contribution is 5.21. The molecule has 0 saturated heterocycles. The normalized spacial score (nSPS) is 12.9. The van der Waals surface area contributed by atoms with Crippen LogP contribution in [0.15, 0.2) is 29.1 Å². The molecule has 2 aromatic heterocycles. The molecule has 0 amide bonds. The number of aryl methyl sites for hydroxylation is 2. The van der Waals surface area contributed by atoms with Crippen molar-refractivity contribution in [2.75, 3.05) is 7.05 Å². The van der Waals surface area contributed by atoms with Gasteiger partial charge in [-0.05, 0) is 27.0 Å². The molecule has 0 aliphatic rings. The first-order valence-electron chi connectivity index (χ1n) is 5.97. The molecule has 2 heterocycles. The molecule has 0 radical (unpaired) electrons. The van der Waals surface area contributed by atoms with E-state index in [1.165, 1.54) is 5.56 Å². The largest absolute Gasteiger partial charge is 0.469 e. The van der Waals surface area contributed by atoms with Crippen molar-refractivity contribution in [1.29, 1.82) is 0 Å². The fraction of sp³-hybridized carbons (Fsp3) is 0.462. The van der Waals surface area contributed by atoms with Crippen molar-refractivity contribution in [2.24, 2.45) is 0 Å². The second-order valence-corrected chi connectivity index (χ2v) is 4.11. The Hall–Kier alpha value is -1.55. The lowest BCUT2D eigenvalue weighted by molar-refractivity contribution is 0.504. The number of rotatable bonds is 5. The highest BCUT2D eigenvalue weighted by Crippen LogP contribution is 2.21. The standard InChI is InChI=1S/C13H19N3O/c1-4-16-7-6-15-13(16)9-12(14-3)11-5-8-17-10(11)2/h5-8,12,14H,4,9H2,1-3H3. The Morgan fingerprint density at radius 3 is 2.94 bits per heavy atom. The van der Waals surface area contributed by atoms with E-state index in [2.05, 4.69) is 21.8 Å². The van der Waals surface area contributed by atoms with Gasteiger partial charge in [-0.15, -0.1) is 0 Å². The maximum Gasteiger partial charge on any atom is 0.110 e. The molecule has 2 rings (SSSR count). The maximum absolute atomic E-state index is 5.36. The minimum atomic E-state index is 0.251. The average molecular weight is 233 g/mol. The van der Waals surface area contributed by atoms with E-state index in [1.807, 2.05) is 32.4 Å². The van der Waals surface area contributed by atoms with Crippen molar-refractivity contribution >= 4 is 0 Å². The molecule has 17 heavy (non-hydrogen) atoms. The van der Waals surface area contributed by atoms with Gasteiger partial charge >= 0.3 is 0 Å². The number of hydrogen-bond donors (Lipinski definition) is 1. The van der Waals surface area contributed by atoms with E-state index in [0.29, 0.717) is 0 Å². The highest BCUT2D eigenvalue weighted by Gasteiger charge is 2.16. The Morgan fingerprint density at radius 2 is 2.35 bits per heavy atom. The fourth-order valence-corrected chi connectivity index (χ4v) is 2.12. The number of aromatic nitrogens is 2. The number of likely N-dealkylation sites (N-methyl/N-ethyl adjacent to an activating group) is 1. The summed E-state index contributed by atoms with van der Waals surface area (Å²) in [5.41, 5.74) is 1.21. The first-order chi connectivity index (χ1) is 8.26. The first-order valence-corrected chi connectivity index (χ1v) is 5.97. The van der Waals surface area contributed by atoms with Crippen molar-refractivity contribution in [3.8, 4) is 0 Å². The number of nitrogens with zero attached hydrogens (tertiary/aromatic N) is 2. The summed E-state index contributed by atoms with van der Waals surface area (Å²) in [6.45, 7) is 5.07. The maximum atomic E-state index is 5.36. The Bertz CT molecular complexity index is 472. The van der Waals surface area contributed by atoms with Gasteiger partial charge in [0.05, 0.1) is 6.26 Å².